The number of nitrogens with two attached hydrogens (primary N) is 1. The second kappa shape index (κ2) is 3.46. The van der Waals surface area contributed by atoms with Crippen LogP contribution in [0.1, 0.15) is 11.0 Å². The fraction of sp³-hybridized carbons (Fsp3) is 0.286. The van der Waals surface area contributed by atoms with Crippen LogP contribution in [0, 0.1) is 2.88 Å². The highest BCUT2D eigenvalue weighted by atomic mass is 127. The average Bonchev–Trinajstić information content (AvgIpc) is 2.60. The average molecular weight is 322 g/mol. The minimum Gasteiger partial charge on any atom is -0.385 e. The number of carbonyl (C=O) groups is 1. The molecule has 0 saturated heterocycles. The molecule has 2 heterocycles. The van der Waals surface area contributed by atoms with Gasteiger partial charge in [-0.1, -0.05) is 0 Å². The zero-order valence-corrected chi connectivity index (χ0v) is 10.2. The Morgan fingerprint density at radius 1 is 1.71 bits per heavy atom. The Hall–Kier alpha value is -0.700. The number of hydrogen-bond acceptors (Lipinski definition) is 4. The molecule has 1 aromatic heterocycles. The van der Waals surface area contributed by atoms with E-state index in [-0.39, 0.29) is 12.1 Å². The van der Waals surface area contributed by atoms with Crippen LogP contribution in [-0.2, 0) is 0 Å². The molecule has 2 amide bonds. The molecule has 0 fully saturated rings. The van der Waals surface area contributed by atoms with Gasteiger partial charge in [0.2, 0.25) is 0 Å². The van der Waals surface area contributed by atoms with Crippen molar-refractivity contribution >= 4 is 45.8 Å². The number of thiazole rings is 1. The minimum atomic E-state index is -0.308. The summed E-state index contributed by atoms with van der Waals surface area (Å²) in [5, 5.41) is 0.809. The monoisotopic (exact) mass is 322 g/mol. The number of urea groups is 1. The zero-order valence-electron chi connectivity index (χ0n) is 7.27. The fourth-order valence-electron chi connectivity index (χ4n) is 1.24. The third-order valence-electron chi connectivity index (χ3n) is 1.92. The number of halogens is 1. The van der Waals surface area contributed by atoms with Gasteiger partial charge in [0.25, 0.3) is 0 Å². The highest BCUT2D eigenvalue weighted by molar-refractivity contribution is 14.1. The summed E-state index contributed by atoms with van der Waals surface area (Å²) in [4.78, 5) is 20.6. The third-order valence-corrected chi connectivity index (χ3v) is 3.70. The second-order valence-corrected chi connectivity index (χ2v) is 5.79. The number of rotatable bonds is 1. The largest absolute Gasteiger partial charge is 0.385 e. The fourth-order valence-corrected chi connectivity index (χ4v) is 2.86. The predicted octanol–water partition coefficient (Wildman–Crippen LogP) is 1.21. The summed E-state index contributed by atoms with van der Waals surface area (Å²) in [5.41, 5.74) is 5.65. The van der Waals surface area contributed by atoms with E-state index in [1.807, 2.05) is 0 Å². The molecule has 1 atom stereocenters. The maximum absolute atomic E-state index is 11.2. The van der Waals surface area contributed by atoms with E-state index in [1.165, 1.54) is 16.2 Å². The number of aromatic nitrogens is 1. The van der Waals surface area contributed by atoms with Gasteiger partial charge in [-0.15, -0.1) is 11.3 Å². The molecule has 0 bridgehead atoms. The molecular formula is C7H7IN4OS. The van der Waals surface area contributed by atoms with Gasteiger partial charge in [0.05, 0.1) is 9.08 Å². The van der Waals surface area contributed by atoms with Gasteiger partial charge in [0.15, 0.2) is 0 Å². The van der Waals surface area contributed by atoms with E-state index in [4.69, 9.17) is 5.73 Å². The summed E-state index contributed by atoms with van der Waals surface area (Å²) in [6.07, 6.45) is 1.75. The first kappa shape index (κ1) is 9.84. The van der Waals surface area contributed by atoms with Crippen LogP contribution >= 0.6 is 33.9 Å². The summed E-state index contributed by atoms with van der Waals surface area (Å²) in [6, 6.07) is -0.589. The SMILES string of the molecule is CN1C(=O)N=C(N)C1c1ncc(I)s1. The van der Waals surface area contributed by atoms with E-state index in [9.17, 15) is 4.79 Å². The van der Waals surface area contributed by atoms with Crippen molar-refractivity contribution in [2.24, 2.45) is 10.7 Å². The quantitative estimate of drug-likeness (QED) is 0.790. The van der Waals surface area contributed by atoms with Crippen LogP contribution in [0.15, 0.2) is 11.2 Å². The molecule has 7 heteroatoms. The number of likely N-dealkylation sites (N-methyl/N-ethyl adjacent to an activating group) is 1. The lowest BCUT2D eigenvalue weighted by molar-refractivity contribution is 0.218. The van der Waals surface area contributed by atoms with E-state index in [2.05, 4.69) is 32.6 Å². The molecule has 1 aromatic rings. The molecule has 74 valence electrons. The van der Waals surface area contributed by atoms with Crippen molar-refractivity contribution in [2.75, 3.05) is 7.05 Å². The molecule has 0 aliphatic carbocycles. The molecule has 1 aliphatic rings. The molecule has 0 aromatic carbocycles. The third kappa shape index (κ3) is 1.50. The number of aliphatic imine (C=N–C) groups is 1. The molecule has 5 nitrogen and oxygen atoms in total. The van der Waals surface area contributed by atoms with Gasteiger partial charge in [0, 0.05) is 7.05 Å². The summed E-state index contributed by atoms with van der Waals surface area (Å²) < 4.78 is 1.07. The molecule has 0 radical (unpaired) electrons. The Morgan fingerprint density at radius 2 is 2.43 bits per heavy atom. The van der Waals surface area contributed by atoms with Gasteiger partial charge in [0.1, 0.15) is 16.9 Å². The first-order valence-electron chi connectivity index (χ1n) is 3.81. The smallest absolute Gasteiger partial charge is 0.346 e. The molecule has 0 spiro atoms. The molecule has 14 heavy (non-hydrogen) atoms. The van der Waals surface area contributed by atoms with Crippen molar-refractivity contribution in [3.63, 3.8) is 0 Å². The van der Waals surface area contributed by atoms with Crippen LogP contribution in [0.3, 0.4) is 0 Å². The van der Waals surface area contributed by atoms with Crippen molar-refractivity contribution in [3.8, 4) is 0 Å². The van der Waals surface area contributed by atoms with Crippen LogP contribution in [0.4, 0.5) is 4.79 Å². The van der Waals surface area contributed by atoms with E-state index >= 15 is 0 Å². The van der Waals surface area contributed by atoms with Crippen LogP contribution in [-0.4, -0.2) is 28.8 Å². The van der Waals surface area contributed by atoms with Crippen LogP contribution in [0.25, 0.3) is 0 Å². The van der Waals surface area contributed by atoms with E-state index < -0.39 is 0 Å². The Bertz CT molecular complexity index is 416. The summed E-state index contributed by atoms with van der Waals surface area (Å²) in [5.74, 6) is 0.322. The van der Waals surface area contributed by atoms with Gasteiger partial charge in [-0.2, -0.15) is 4.99 Å². The Balaban J connectivity index is 2.36. The van der Waals surface area contributed by atoms with Gasteiger partial charge >= 0.3 is 6.03 Å². The lowest BCUT2D eigenvalue weighted by Crippen LogP contribution is -2.29. The highest BCUT2D eigenvalue weighted by Crippen LogP contribution is 2.28. The van der Waals surface area contributed by atoms with Crippen LogP contribution < -0.4 is 5.73 Å². The zero-order chi connectivity index (χ0) is 10.3. The van der Waals surface area contributed by atoms with Gasteiger partial charge in [-0.3, -0.25) is 0 Å². The van der Waals surface area contributed by atoms with Crippen molar-refractivity contribution in [3.05, 3.63) is 14.1 Å². The summed E-state index contributed by atoms with van der Waals surface area (Å²) in [7, 11) is 1.67. The number of nitrogens with zero attached hydrogens (tertiary/aromatic N) is 3. The normalized spacial score (nSPS) is 21.6. The number of hydrogen-bond donors (Lipinski definition) is 1. The molecule has 1 unspecified atom stereocenters. The van der Waals surface area contributed by atoms with Crippen LogP contribution in [0.5, 0.6) is 0 Å². The standard InChI is InChI=1S/C7H7IN4OS/c1-12-4(5(9)11-7(12)13)6-10-2-3(8)14-6/h2,4H,1H3,(H2,9,11,13). The van der Waals surface area contributed by atoms with Gasteiger partial charge in [-0.25, -0.2) is 9.78 Å². The number of carbonyl (C=O) groups excluding carboxylic acids is 1. The summed E-state index contributed by atoms with van der Waals surface area (Å²) in [6.45, 7) is 0. The van der Waals surface area contributed by atoms with E-state index in [0.29, 0.717) is 5.84 Å². The Kier molecular flexibility index (Phi) is 2.43. The van der Waals surface area contributed by atoms with Crippen molar-refractivity contribution in [1.82, 2.24) is 9.88 Å². The minimum absolute atomic E-state index is 0.281. The van der Waals surface area contributed by atoms with Crippen molar-refractivity contribution in [1.29, 1.82) is 0 Å². The molecular weight excluding hydrogens is 315 g/mol. The predicted molar refractivity (Wildman–Crippen MR) is 62.4 cm³/mol. The highest BCUT2D eigenvalue weighted by Gasteiger charge is 2.33. The molecule has 1 aliphatic heterocycles. The molecule has 0 saturated carbocycles. The number of amides is 2. The lowest BCUT2D eigenvalue weighted by atomic mass is 10.3. The summed E-state index contributed by atoms with van der Waals surface area (Å²) >= 11 is 3.69. The van der Waals surface area contributed by atoms with Gasteiger partial charge < -0.3 is 10.6 Å². The second-order valence-electron chi connectivity index (χ2n) is 2.84. The topological polar surface area (TPSA) is 71.6 Å². The number of amidine groups is 1. The van der Waals surface area contributed by atoms with Crippen molar-refractivity contribution in [2.45, 2.75) is 6.04 Å². The first-order valence-corrected chi connectivity index (χ1v) is 5.71. The van der Waals surface area contributed by atoms with E-state index in [0.717, 1.165) is 7.89 Å². The lowest BCUT2D eigenvalue weighted by Gasteiger charge is -2.16. The molecule has 2 N–H and O–H groups in total. The Labute approximate surface area is 98.2 Å². The maximum atomic E-state index is 11.2. The molecule has 2 rings (SSSR count). The van der Waals surface area contributed by atoms with Crippen molar-refractivity contribution < 1.29 is 4.79 Å². The van der Waals surface area contributed by atoms with E-state index in [1.54, 1.807) is 13.2 Å². The van der Waals surface area contributed by atoms with Gasteiger partial charge in [-0.05, 0) is 22.6 Å². The maximum Gasteiger partial charge on any atom is 0.346 e. The Morgan fingerprint density at radius 3 is 2.86 bits per heavy atom. The van der Waals surface area contributed by atoms with Crippen LogP contribution in [0.2, 0.25) is 0 Å². The first-order chi connectivity index (χ1) is 6.59.